The highest BCUT2D eigenvalue weighted by atomic mass is 32.2. The van der Waals surface area contributed by atoms with Gasteiger partial charge in [-0.05, 0) is 31.0 Å². The third kappa shape index (κ3) is 6.28. The molecular formula is C20H26N2OS. The van der Waals surface area contributed by atoms with Crippen LogP contribution in [-0.2, 0) is 10.5 Å². The Morgan fingerprint density at radius 3 is 2.38 bits per heavy atom. The zero-order chi connectivity index (χ0) is 17.2. The Kier molecular flexibility index (Phi) is 7.69. The number of carbonyl (C=O) groups is 1. The Labute approximate surface area is 149 Å². The predicted octanol–water partition coefficient (Wildman–Crippen LogP) is 3.95. The summed E-state index contributed by atoms with van der Waals surface area (Å²) >= 11 is 1.68. The molecule has 0 aliphatic heterocycles. The number of rotatable bonds is 9. The van der Waals surface area contributed by atoms with Crippen molar-refractivity contribution < 1.29 is 4.79 Å². The van der Waals surface area contributed by atoms with E-state index in [0.29, 0.717) is 6.54 Å². The maximum Gasteiger partial charge on any atom is 0.232 e. The summed E-state index contributed by atoms with van der Waals surface area (Å²) < 4.78 is 0. The standard InChI is InChI=1S/C20H26N2OS/c1-17(24-16-18-10-5-3-6-11-18)20(23)21-14-9-15-22(2)19-12-7-4-8-13-19/h3-8,10-13,17H,9,14-16H2,1-2H3,(H,21,23). The van der Waals surface area contributed by atoms with E-state index < -0.39 is 0 Å². The Morgan fingerprint density at radius 1 is 1.08 bits per heavy atom. The fourth-order valence-electron chi connectivity index (χ4n) is 2.35. The molecule has 2 aromatic carbocycles. The van der Waals surface area contributed by atoms with Crippen molar-refractivity contribution in [1.29, 1.82) is 0 Å². The van der Waals surface area contributed by atoms with Crippen molar-refractivity contribution in [3.05, 3.63) is 66.2 Å². The molecule has 128 valence electrons. The first-order valence-corrected chi connectivity index (χ1v) is 9.41. The number of anilines is 1. The van der Waals surface area contributed by atoms with Crippen molar-refractivity contribution in [3.8, 4) is 0 Å². The molecule has 0 aliphatic carbocycles. The molecule has 0 heterocycles. The van der Waals surface area contributed by atoms with Gasteiger partial charge in [-0.15, -0.1) is 11.8 Å². The molecule has 0 saturated heterocycles. The van der Waals surface area contributed by atoms with Crippen LogP contribution in [0.5, 0.6) is 0 Å². The van der Waals surface area contributed by atoms with Gasteiger partial charge in [0.15, 0.2) is 0 Å². The molecule has 2 aromatic rings. The fourth-order valence-corrected chi connectivity index (χ4v) is 3.22. The first-order chi connectivity index (χ1) is 11.7. The van der Waals surface area contributed by atoms with Crippen molar-refractivity contribution in [1.82, 2.24) is 5.32 Å². The van der Waals surface area contributed by atoms with Crippen LogP contribution in [0, 0.1) is 0 Å². The van der Waals surface area contributed by atoms with Gasteiger partial charge in [0.05, 0.1) is 5.25 Å². The Hall–Kier alpha value is -1.94. The Balaban J connectivity index is 1.62. The predicted molar refractivity (Wildman–Crippen MR) is 105 cm³/mol. The van der Waals surface area contributed by atoms with E-state index in [0.717, 1.165) is 18.7 Å². The highest BCUT2D eigenvalue weighted by Gasteiger charge is 2.12. The van der Waals surface area contributed by atoms with Crippen molar-refractivity contribution in [2.75, 3.05) is 25.0 Å². The van der Waals surface area contributed by atoms with Gasteiger partial charge >= 0.3 is 0 Å². The third-order valence-electron chi connectivity index (χ3n) is 3.88. The van der Waals surface area contributed by atoms with E-state index in [9.17, 15) is 4.79 Å². The van der Waals surface area contributed by atoms with Gasteiger partial charge in [0.1, 0.15) is 0 Å². The number of nitrogens with one attached hydrogen (secondary N) is 1. The van der Waals surface area contributed by atoms with Gasteiger partial charge in [0.2, 0.25) is 5.91 Å². The van der Waals surface area contributed by atoms with Crippen LogP contribution in [0.2, 0.25) is 0 Å². The minimum Gasteiger partial charge on any atom is -0.375 e. The highest BCUT2D eigenvalue weighted by Crippen LogP contribution is 2.17. The van der Waals surface area contributed by atoms with Gasteiger partial charge in [-0.25, -0.2) is 0 Å². The van der Waals surface area contributed by atoms with Crippen LogP contribution in [-0.4, -0.2) is 31.3 Å². The maximum absolute atomic E-state index is 12.1. The minimum absolute atomic E-state index is 0.0305. The first-order valence-electron chi connectivity index (χ1n) is 8.36. The lowest BCUT2D eigenvalue weighted by Crippen LogP contribution is -2.33. The molecule has 4 heteroatoms. The van der Waals surface area contributed by atoms with Crippen molar-refractivity contribution >= 4 is 23.4 Å². The van der Waals surface area contributed by atoms with E-state index in [4.69, 9.17) is 0 Å². The van der Waals surface area contributed by atoms with E-state index in [1.807, 2.05) is 43.3 Å². The lowest BCUT2D eigenvalue weighted by atomic mass is 10.2. The molecule has 1 unspecified atom stereocenters. The summed E-state index contributed by atoms with van der Waals surface area (Å²) in [6.45, 7) is 3.61. The number of carbonyl (C=O) groups excluding carboxylic acids is 1. The molecular weight excluding hydrogens is 316 g/mol. The van der Waals surface area contributed by atoms with Crippen LogP contribution in [0.4, 0.5) is 5.69 Å². The lowest BCUT2D eigenvalue weighted by molar-refractivity contribution is -0.120. The van der Waals surface area contributed by atoms with Gasteiger partial charge in [0, 0.05) is 31.6 Å². The summed E-state index contributed by atoms with van der Waals surface area (Å²) in [5, 5.41) is 3.01. The molecule has 0 spiro atoms. The largest absolute Gasteiger partial charge is 0.375 e. The van der Waals surface area contributed by atoms with E-state index in [-0.39, 0.29) is 11.2 Å². The molecule has 1 atom stereocenters. The minimum atomic E-state index is -0.0305. The average Bonchev–Trinajstić information content (AvgIpc) is 2.64. The topological polar surface area (TPSA) is 32.3 Å². The van der Waals surface area contributed by atoms with Crippen LogP contribution in [0.1, 0.15) is 18.9 Å². The second-order valence-electron chi connectivity index (χ2n) is 5.84. The highest BCUT2D eigenvalue weighted by molar-refractivity contribution is 7.99. The van der Waals surface area contributed by atoms with Crippen LogP contribution in [0.15, 0.2) is 60.7 Å². The second kappa shape index (κ2) is 10.0. The molecule has 1 amide bonds. The Bertz CT molecular complexity index is 604. The van der Waals surface area contributed by atoms with E-state index in [1.165, 1.54) is 11.3 Å². The number of benzene rings is 2. The normalized spacial score (nSPS) is 11.8. The maximum atomic E-state index is 12.1. The number of hydrogen-bond donors (Lipinski definition) is 1. The molecule has 0 bridgehead atoms. The quantitative estimate of drug-likeness (QED) is 0.700. The SMILES string of the molecule is CC(SCc1ccccc1)C(=O)NCCCN(C)c1ccccc1. The van der Waals surface area contributed by atoms with E-state index >= 15 is 0 Å². The molecule has 0 saturated carbocycles. The van der Waals surface area contributed by atoms with Crippen molar-refractivity contribution in [2.24, 2.45) is 0 Å². The van der Waals surface area contributed by atoms with Crippen LogP contribution in [0.25, 0.3) is 0 Å². The van der Waals surface area contributed by atoms with Gasteiger partial charge in [-0.1, -0.05) is 48.5 Å². The Morgan fingerprint density at radius 2 is 1.71 bits per heavy atom. The van der Waals surface area contributed by atoms with E-state index in [1.54, 1.807) is 11.8 Å². The molecule has 0 aliphatic rings. The van der Waals surface area contributed by atoms with Gasteiger partial charge in [0.25, 0.3) is 0 Å². The summed E-state index contributed by atoms with van der Waals surface area (Å²) in [5.74, 6) is 0.991. The zero-order valence-electron chi connectivity index (χ0n) is 14.4. The summed E-state index contributed by atoms with van der Waals surface area (Å²) in [5.41, 5.74) is 2.46. The first kappa shape index (κ1) is 18.4. The van der Waals surface area contributed by atoms with E-state index in [2.05, 4.69) is 41.5 Å². The molecule has 0 aromatic heterocycles. The summed E-state index contributed by atoms with van der Waals surface area (Å²) in [6.07, 6.45) is 0.938. The number of hydrogen-bond acceptors (Lipinski definition) is 3. The summed E-state index contributed by atoms with van der Waals surface area (Å²) in [4.78, 5) is 14.3. The number of thioether (sulfide) groups is 1. The van der Waals surface area contributed by atoms with Gasteiger partial charge < -0.3 is 10.2 Å². The molecule has 0 radical (unpaired) electrons. The van der Waals surface area contributed by atoms with Crippen molar-refractivity contribution in [2.45, 2.75) is 24.3 Å². The van der Waals surface area contributed by atoms with Crippen LogP contribution >= 0.6 is 11.8 Å². The molecule has 1 N–H and O–H groups in total. The van der Waals surface area contributed by atoms with Crippen LogP contribution in [0.3, 0.4) is 0 Å². The molecule has 2 rings (SSSR count). The smallest absolute Gasteiger partial charge is 0.232 e. The van der Waals surface area contributed by atoms with Crippen molar-refractivity contribution in [3.63, 3.8) is 0 Å². The molecule has 0 fully saturated rings. The van der Waals surface area contributed by atoms with Gasteiger partial charge in [-0.3, -0.25) is 4.79 Å². The van der Waals surface area contributed by atoms with Gasteiger partial charge in [-0.2, -0.15) is 0 Å². The molecule has 24 heavy (non-hydrogen) atoms. The third-order valence-corrected chi connectivity index (χ3v) is 5.09. The average molecular weight is 343 g/mol. The zero-order valence-corrected chi connectivity index (χ0v) is 15.3. The number of para-hydroxylation sites is 1. The summed E-state index contributed by atoms with van der Waals surface area (Å²) in [6, 6.07) is 20.6. The van der Waals surface area contributed by atoms with Crippen LogP contribution < -0.4 is 10.2 Å². The second-order valence-corrected chi connectivity index (χ2v) is 7.17. The number of nitrogens with zero attached hydrogens (tertiary/aromatic N) is 1. The lowest BCUT2D eigenvalue weighted by Gasteiger charge is -2.19. The fraction of sp³-hybridized carbons (Fsp3) is 0.350. The summed E-state index contributed by atoms with van der Waals surface area (Å²) in [7, 11) is 2.08. The number of amides is 1. The molecule has 3 nitrogen and oxygen atoms in total. The monoisotopic (exact) mass is 342 g/mol.